The number of nitrogens with one attached hydrogen (secondary N) is 2. The zero-order valence-electron chi connectivity index (χ0n) is 19.1. The molecule has 0 saturated heterocycles. The summed E-state index contributed by atoms with van der Waals surface area (Å²) in [6.45, 7) is 0. The van der Waals surface area contributed by atoms with Gasteiger partial charge in [0.05, 0.1) is 18.1 Å². The van der Waals surface area contributed by atoms with Crippen molar-refractivity contribution < 1.29 is 27.5 Å². The average molecular weight is 486 g/mol. The molecule has 2 aliphatic rings. The molecule has 1 unspecified atom stereocenters. The highest BCUT2D eigenvalue weighted by molar-refractivity contribution is 6.06. The molecule has 1 aromatic heterocycles. The lowest BCUT2D eigenvalue weighted by Gasteiger charge is -2.32. The normalized spacial score (nSPS) is 20.2. The van der Waals surface area contributed by atoms with Crippen LogP contribution in [-0.4, -0.2) is 34.7 Å². The quantitative estimate of drug-likeness (QED) is 0.516. The molecule has 1 aliphatic heterocycles. The van der Waals surface area contributed by atoms with Gasteiger partial charge in [-0.05, 0) is 36.1 Å². The Morgan fingerprint density at radius 2 is 1.91 bits per heavy atom. The zero-order chi connectivity index (χ0) is 24.8. The summed E-state index contributed by atoms with van der Waals surface area (Å²) < 4.78 is 49.8. The molecule has 1 fully saturated rings. The average Bonchev–Trinajstić information content (AvgIpc) is 3.53. The molecule has 35 heavy (non-hydrogen) atoms. The molecule has 0 bridgehead atoms. The van der Waals surface area contributed by atoms with Gasteiger partial charge < -0.3 is 10.1 Å². The van der Waals surface area contributed by atoms with Crippen molar-refractivity contribution in [3.8, 4) is 16.9 Å². The molecular formula is C25H25F3N4O3. The number of hydrogen-bond donors (Lipinski definition) is 2. The second kappa shape index (κ2) is 8.58. The summed E-state index contributed by atoms with van der Waals surface area (Å²) in [6.07, 6.45) is -0.583. The summed E-state index contributed by atoms with van der Waals surface area (Å²) >= 11 is 0. The van der Waals surface area contributed by atoms with Crippen LogP contribution in [0.3, 0.4) is 0 Å². The second-order valence-electron chi connectivity index (χ2n) is 9.07. The predicted octanol–water partition coefficient (Wildman–Crippen LogP) is 4.97. The van der Waals surface area contributed by atoms with Gasteiger partial charge in [-0.25, -0.2) is 4.98 Å². The first-order chi connectivity index (χ1) is 16.7. The smallest absolute Gasteiger partial charge is 0.440 e. The van der Waals surface area contributed by atoms with Gasteiger partial charge in [0.1, 0.15) is 5.75 Å². The van der Waals surface area contributed by atoms with Gasteiger partial charge in [0.15, 0.2) is 0 Å². The first-order valence-corrected chi connectivity index (χ1v) is 11.6. The third-order valence-electron chi connectivity index (χ3n) is 6.96. The van der Waals surface area contributed by atoms with Crippen LogP contribution in [0.4, 0.5) is 19.1 Å². The number of aromatic nitrogens is 2. The van der Waals surface area contributed by atoms with Gasteiger partial charge in [-0.1, -0.05) is 49.9 Å². The zero-order valence-corrected chi connectivity index (χ0v) is 19.1. The highest BCUT2D eigenvalue weighted by Crippen LogP contribution is 2.45. The predicted molar refractivity (Wildman–Crippen MR) is 124 cm³/mol. The number of imidazole rings is 1. The van der Waals surface area contributed by atoms with E-state index in [4.69, 9.17) is 4.74 Å². The number of methoxy groups -OCH3 is 1. The maximum Gasteiger partial charge on any atom is 0.440 e. The number of alkyl halides is 3. The van der Waals surface area contributed by atoms with Crippen LogP contribution in [-0.2, 0) is 15.3 Å². The summed E-state index contributed by atoms with van der Waals surface area (Å²) in [5, 5.41) is 4.29. The van der Waals surface area contributed by atoms with Crippen molar-refractivity contribution in [2.24, 2.45) is 5.92 Å². The number of halogens is 3. The number of carbonyl (C=O) groups is 2. The fraction of sp³-hybridized carbons (Fsp3) is 0.400. The molecule has 1 saturated carbocycles. The van der Waals surface area contributed by atoms with Crippen LogP contribution in [0.5, 0.6) is 5.75 Å². The summed E-state index contributed by atoms with van der Waals surface area (Å²) in [4.78, 5) is 29.9. The Balaban J connectivity index is 1.56. The van der Waals surface area contributed by atoms with Crippen molar-refractivity contribution >= 4 is 28.8 Å². The van der Waals surface area contributed by atoms with Crippen molar-refractivity contribution in [1.29, 1.82) is 0 Å². The molecule has 5 rings (SSSR count). The maximum absolute atomic E-state index is 14.6. The number of amides is 2. The highest BCUT2D eigenvalue weighted by Gasteiger charge is 2.67. The largest absolute Gasteiger partial charge is 0.497 e. The van der Waals surface area contributed by atoms with E-state index >= 15 is 0 Å². The van der Waals surface area contributed by atoms with Gasteiger partial charge in [-0.3, -0.25) is 19.5 Å². The van der Waals surface area contributed by atoms with Gasteiger partial charge >= 0.3 is 6.18 Å². The van der Waals surface area contributed by atoms with Crippen molar-refractivity contribution in [1.82, 2.24) is 14.9 Å². The minimum absolute atomic E-state index is 0.0746. The standard InChI is InChI=1S/C25H25F3N4O3/c1-35-17-12-10-16(11-13-17)18-7-4-8-19-21(18)29-23-30-22(34)24(32(19)23,25(26,27)28)31-20(33)14-9-15-5-2-3-6-15/h4,7-8,10-13,15H,2-3,5-6,9,14H2,1H3,(H,31,33)(H,29,30,34). The van der Waals surface area contributed by atoms with Gasteiger partial charge in [-0.15, -0.1) is 0 Å². The fourth-order valence-electron chi connectivity index (χ4n) is 5.16. The van der Waals surface area contributed by atoms with E-state index < -0.39 is 23.7 Å². The Labute approximate surface area is 199 Å². The molecular weight excluding hydrogens is 461 g/mol. The molecule has 0 radical (unpaired) electrons. The molecule has 2 N–H and O–H groups in total. The number of hydrogen-bond acceptors (Lipinski definition) is 4. The SMILES string of the molecule is COc1ccc(-c2cccc3c2nc2n3C(NC(=O)CCC3CCCC3)(C(F)(F)F)C(=O)N2)cc1. The Kier molecular flexibility index (Phi) is 5.69. The number of ether oxygens (including phenoxy) is 1. The van der Waals surface area contributed by atoms with Crippen LogP contribution >= 0.6 is 0 Å². The van der Waals surface area contributed by atoms with Crippen molar-refractivity contribution in [2.45, 2.75) is 50.4 Å². The number of rotatable bonds is 6. The third-order valence-corrected chi connectivity index (χ3v) is 6.96. The monoisotopic (exact) mass is 486 g/mol. The van der Waals surface area contributed by atoms with Crippen LogP contribution < -0.4 is 15.4 Å². The number of fused-ring (bicyclic) bond motifs is 3. The number of benzene rings is 2. The minimum atomic E-state index is -5.10. The van der Waals surface area contributed by atoms with Crippen molar-refractivity contribution in [3.63, 3.8) is 0 Å². The fourth-order valence-corrected chi connectivity index (χ4v) is 5.16. The Bertz CT molecular complexity index is 1280. The number of anilines is 1. The third kappa shape index (κ3) is 3.81. The van der Waals surface area contributed by atoms with Crippen molar-refractivity contribution in [3.05, 3.63) is 42.5 Å². The topological polar surface area (TPSA) is 85.2 Å². The molecule has 1 aliphatic carbocycles. The van der Waals surface area contributed by atoms with Gasteiger partial charge in [-0.2, -0.15) is 13.2 Å². The first kappa shape index (κ1) is 23.2. The van der Waals surface area contributed by atoms with Gasteiger partial charge in [0, 0.05) is 12.0 Å². The van der Waals surface area contributed by atoms with Crippen LogP contribution in [0.25, 0.3) is 22.2 Å². The molecule has 0 spiro atoms. The summed E-state index contributed by atoms with van der Waals surface area (Å²) in [6, 6.07) is 11.8. The van der Waals surface area contributed by atoms with Crippen LogP contribution in [0.2, 0.25) is 0 Å². The van der Waals surface area contributed by atoms with E-state index in [2.05, 4.69) is 10.3 Å². The minimum Gasteiger partial charge on any atom is -0.497 e. The summed E-state index contributed by atoms with van der Waals surface area (Å²) in [5.74, 6) is -1.49. The number of para-hydroxylation sites is 1. The highest BCUT2D eigenvalue weighted by atomic mass is 19.4. The van der Waals surface area contributed by atoms with Crippen LogP contribution in [0, 0.1) is 5.92 Å². The van der Waals surface area contributed by atoms with E-state index in [-0.39, 0.29) is 23.4 Å². The van der Waals surface area contributed by atoms with E-state index in [0.29, 0.717) is 23.7 Å². The van der Waals surface area contributed by atoms with E-state index in [1.807, 2.05) is 5.32 Å². The lowest BCUT2D eigenvalue weighted by atomic mass is 10.0. The molecule has 10 heteroatoms. The van der Waals surface area contributed by atoms with Gasteiger partial charge in [0.25, 0.3) is 11.6 Å². The summed E-state index contributed by atoms with van der Waals surface area (Å²) in [7, 11) is 1.54. The lowest BCUT2D eigenvalue weighted by molar-refractivity contribution is -0.217. The number of carbonyl (C=O) groups excluding carboxylic acids is 2. The molecule has 2 heterocycles. The Morgan fingerprint density at radius 1 is 1.20 bits per heavy atom. The molecule has 3 aromatic rings. The van der Waals surface area contributed by atoms with E-state index in [1.165, 1.54) is 13.2 Å². The van der Waals surface area contributed by atoms with E-state index in [0.717, 1.165) is 35.8 Å². The van der Waals surface area contributed by atoms with Gasteiger partial charge in [0.2, 0.25) is 11.9 Å². The summed E-state index contributed by atoms with van der Waals surface area (Å²) in [5.41, 5.74) is -1.60. The van der Waals surface area contributed by atoms with Crippen molar-refractivity contribution in [2.75, 3.05) is 12.4 Å². The first-order valence-electron chi connectivity index (χ1n) is 11.6. The molecule has 2 amide bonds. The molecule has 7 nitrogen and oxygen atoms in total. The molecule has 1 atom stereocenters. The van der Waals surface area contributed by atoms with E-state index in [1.54, 1.807) is 36.4 Å². The van der Waals surface area contributed by atoms with E-state index in [9.17, 15) is 22.8 Å². The number of nitrogens with zero attached hydrogens (tertiary/aromatic N) is 2. The molecule has 2 aromatic carbocycles. The Hall–Kier alpha value is -3.56. The second-order valence-corrected chi connectivity index (χ2v) is 9.07. The lowest BCUT2D eigenvalue weighted by Crippen LogP contribution is -2.63. The maximum atomic E-state index is 14.6. The van der Waals surface area contributed by atoms with Crippen LogP contribution in [0.15, 0.2) is 42.5 Å². The molecule has 184 valence electrons. The Morgan fingerprint density at radius 3 is 2.57 bits per heavy atom. The van der Waals surface area contributed by atoms with Crippen LogP contribution in [0.1, 0.15) is 38.5 Å².